The van der Waals surface area contributed by atoms with Gasteiger partial charge in [-0.1, -0.05) is 43.5 Å². The molecule has 4 rings (SSSR count). The fraction of sp³-hybridized carbons (Fsp3) is 0.286. The number of nitrogen functional groups attached to an aromatic ring is 2. The Morgan fingerprint density at radius 1 is 0.692 bits per heavy atom. The molecule has 1 aliphatic rings. The number of hydrogen-bond donors (Lipinski definition) is 2. The molecule has 0 amide bonds. The van der Waals surface area contributed by atoms with Crippen molar-refractivity contribution in [2.75, 3.05) is 11.5 Å². The molecule has 1 saturated carbocycles. The predicted molar refractivity (Wildman–Crippen MR) is 105 cm³/mol. The minimum atomic E-state index is 0.395. The van der Waals surface area contributed by atoms with Gasteiger partial charge in [0.2, 0.25) is 0 Å². The Morgan fingerprint density at radius 2 is 1.23 bits per heavy atom. The molecule has 1 fully saturated rings. The van der Waals surface area contributed by atoms with E-state index >= 15 is 0 Å². The van der Waals surface area contributed by atoms with Crippen molar-refractivity contribution in [2.24, 2.45) is 0 Å². The van der Waals surface area contributed by atoms with E-state index in [-0.39, 0.29) is 0 Å². The zero-order valence-electron chi connectivity index (χ0n) is 14.7. The highest BCUT2D eigenvalue weighted by atomic mass is 15.0. The second-order valence-corrected chi connectivity index (χ2v) is 6.93. The smallest absolute Gasteiger partial charge is 0.163 e. The number of nitrogens with two attached hydrogens (primary N) is 2. The molecule has 1 aliphatic carbocycles. The van der Waals surface area contributed by atoms with E-state index in [1.165, 1.54) is 19.3 Å². The van der Waals surface area contributed by atoms with Crippen LogP contribution in [0.2, 0.25) is 0 Å². The van der Waals surface area contributed by atoms with Gasteiger partial charge in [0, 0.05) is 28.4 Å². The Morgan fingerprint density at radius 3 is 1.73 bits per heavy atom. The summed E-state index contributed by atoms with van der Waals surface area (Å²) < 4.78 is 0. The van der Waals surface area contributed by atoms with Gasteiger partial charge in [0.15, 0.2) is 11.6 Å². The van der Waals surface area contributed by atoms with Gasteiger partial charge in [-0.05, 0) is 37.1 Å². The summed E-state index contributed by atoms with van der Waals surface area (Å²) in [4.78, 5) is 14.3. The second kappa shape index (κ2) is 7.12. The van der Waals surface area contributed by atoms with E-state index in [1.807, 2.05) is 48.5 Å². The van der Waals surface area contributed by atoms with E-state index in [2.05, 4.69) is 0 Å². The van der Waals surface area contributed by atoms with Gasteiger partial charge in [-0.2, -0.15) is 0 Å². The Hall–Kier alpha value is -2.95. The molecule has 4 N–H and O–H groups in total. The monoisotopic (exact) mass is 345 g/mol. The standard InChI is InChI=1S/C21H23N5/c22-17-10-4-8-15(12-17)20-24-19(14-6-2-1-3-7-14)25-21(26-20)16-9-5-11-18(23)13-16/h4-5,8-14H,1-3,6-7,22-23H2. The van der Waals surface area contributed by atoms with Crippen molar-refractivity contribution in [3.8, 4) is 22.8 Å². The molecule has 5 heteroatoms. The van der Waals surface area contributed by atoms with Gasteiger partial charge >= 0.3 is 0 Å². The molecule has 3 aromatic rings. The molecule has 0 radical (unpaired) electrons. The number of nitrogens with zero attached hydrogens (tertiary/aromatic N) is 3. The Balaban J connectivity index is 1.84. The second-order valence-electron chi connectivity index (χ2n) is 6.93. The molecule has 0 saturated heterocycles. The van der Waals surface area contributed by atoms with Crippen LogP contribution in [0, 0.1) is 0 Å². The first-order chi connectivity index (χ1) is 12.7. The maximum absolute atomic E-state index is 5.96. The van der Waals surface area contributed by atoms with Crippen molar-refractivity contribution in [1.82, 2.24) is 15.0 Å². The van der Waals surface area contributed by atoms with Crippen LogP contribution in [0.25, 0.3) is 22.8 Å². The van der Waals surface area contributed by atoms with E-state index in [0.29, 0.717) is 28.9 Å². The van der Waals surface area contributed by atoms with E-state index in [0.717, 1.165) is 29.8 Å². The van der Waals surface area contributed by atoms with Crippen molar-refractivity contribution in [1.29, 1.82) is 0 Å². The minimum Gasteiger partial charge on any atom is -0.399 e. The molecule has 132 valence electrons. The van der Waals surface area contributed by atoms with Crippen molar-refractivity contribution in [3.05, 3.63) is 54.4 Å². The number of aromatic nitrogens is 3. The fourth-order valence-electron chi connectivity index (χ4n) is 3.55. The Labute approximate surface area is 153 Å². The topological polar surface area (TPSA) is 90.7 Å². The SMILES string of the molecule is Nc1cccc(-c2nc(-c3cccc(N)c3)nc(C3CCCCC3)n2)c1. The molecular formula is C21H23N5. The molecule has 0 aliphatic heterocycles. The average molecular weight is 345 g/mol. The highest BCUT2D eigenvalue weighted by Gasteiger charge is 2.21. The lowest BCUT2D eigenvalue weighted by atomic mass is 9.88. The minimum absolute atomic E-state index is 0.395. The molecule has 5 nitrogen and oxygen atoms in total. The predicted octanol–water partition coefficient (Wildman–Crippen LogP) is 4.42. The number of hydrogen-bond acceptors (Lipinski definition) is 5. The van der Waals surface area contributed by atoms with Crippen LogP contribution in [0.3, 0.4) is 0 Å². The zero-order valence-corrected chi connectivity index (χ0v) is 14.7. The van der Waals surface area contributed by atoms with Crippen molar-refractivity contribution in [2.45, 2.75) is 38.0 Å². The summed E-state index contributed by atoms with van der Waals surface area (Å²) in [5, 5.41) is 0. The third-order valence-electron chi connectivity index (χ3n) is 4.91. The van der Waals surface area contributed by atoms with Gasteiger partial charge in [-0.25, -0.2) is 15.0 Å². The third-order valence-corrected chi connectivity index (χ3v) is 4.91. The van der Waals surface area contributed by atoms with Crippen LogP contribution < -0.4 is 11.5 Å². The lowest BCUT2D eigenvalue weighted by molar-refractivity contribution is 0.428. The summed E-state index contributed by atoms with van der Waals surface area (Å²) in [6, 6.07) is 15.4. The first-order valence-corrected chi connectivity index (χ1v) is 9.17. The highest BCUT2D eigenvalue weighted by Crippen LogP contribution is 2.32. The maximum Gasteiger partial charge on any atom is 0.163 e. The van der Waals surface area contributed by atoms with Crippen LogP contribution in [-0.4, -0.2) is 15.0 Å². The summed E-state index contributed by atoms with van der Waals surface area (Å²) in [7, 11) is 0. The van der Waals surface area contributed by atoms with Crippen LogP contribution in [0.1, 0.15) is 43.8 Å². The van der Waals surface area contributed by atoms with Gasteiger partial charge < -0.3 is 11.5 Å². The number of benzene rings is 2. The molecule has 0 bridgehead atoms. The van der Waals surface area contributed by atoms with Gasteiger partial charge in [0.05, 0.1) is 0 Å². The van der Waals surface area contributed by atoms with Gasteiger partial charge in [0.25, 0.3) is 0 Å². The molecule has 2 aromatic carbocycles. The number of rotatable bonds is 3. The summed E-state index contributed by atoms with van der Waals surface area (Å²) in [5.41, 5.74) is 15.1. The molecule has 0 unspecified atom stereocenters. The van der Waals surface area contributed by atoms with Crippen molar-refractivity contribution < 1.29 is 0 Å². The summed E-state index contributed by atoms with van der Waals surface area (Å²) in [5.74, 6) is 2.62. The first kappa shape index (κ1) is 16.5. The molecule has 1 aromatic heterocycles. The lowest BCUT2D eigenvalue weighted by Crippen LogP contribution is -2.11. The van der Waals surface area contributed by atoms with Gasteiger partial charge in [-0.15, -0.1) is 0 Å². The average Bonchev–Trinajstić information content (AvgIpc) is 2.68. The van der Waals surface area contributed by atoms with Gasteiger partial charge in [0.1, 0.15) is 5.82 Å². The van der Waals surface area contributed by atoms with E-state index in [9.17, 15) is 0 Å². The Kier molecular flexibility index (Phi) is 4.52. The number of anilines is 2. The van der Waals surface area contributed by atoms with Crippen molar-refractivity contribution >= 4 is 11.4 Å². The van der Waals surface area contributed by atoms with E-state index in [1.54, 1.807) is 0 Å². The fourth-order valence-corrected chi connectivity index (χ4v) is 3.55. The first-order valence-electron chi connectivity index (χ1n) is 9.17. The van der Waals surface area contributed by atoms with E-state index < -0.39 is 0 Å². The quantitative estimate of drug-likeness (QED) is 0.686. The molecule has 26 heavy (non-hydrogen) atoms. The lowest BCUT2D eigenvalue weighted by Gasteiger charge is -2.21. The maximum atomic E-state index is 5.96. The Bertz CT molecular complexity index is 852. The zero-order chi connectivity index (χ0) is 17.9. The van der Waals surface area contributed by atoms with Crippen LogP contribution in [0.15, 0.2) is 48.5 Å². The van der Waals surface area contributed by atoms with Crippen molar-refractivity contribution in [3.63, 3.8) is 0 Å². The summed E-state index contributed by atoms with van der Waals surface area (Å²) in [6.45, 7) is 0. The summed E-state index contributed by atoms with van der Waals surface area (Å²) >= 11 is 0. The van der Waals surface area contributed by atoms with Gasteiger partial charge in [-0.3, -0.25) is 0 Å². The third kappa shape index (κ3) is 3.52. The normalized spacial score (nSPS) is 15.1. The van der Waals surface area contributed by atoms with Crippen LogP contribution >= 0.6 is 0 Å². The summed E-state index contributed by atoms with van der Waals surface area (Å²) in [6.07, 6.45) is 6.04. The van der Waals surface area contributed by atoms with Crippen LogP contribution in [0.5, 0.6) is 0 Å². The molecule has 0 spiro atoms. The van der Waals surface area contributed by atoms with Crippen LogP contribution in [0.4, 0.5) is 11.4 Å². The van der Waals surface area contributed by atoms with Crippen LogP contribution in [-0.2, 0) is 0 Å². The largest absolute Gasteiger partial charge is 0.399 e. The molecule has 0 atom stereocenters. The highest BCUT2D eigenvalue weighted by molar-refractivity contribution is 5.66. The molecular weight excluding hydrogens is 322 g/mol. The molecule has 1 heterocycles. The van der Waals surface area contributed by atoms with E-state index in [4.69, 9.17) is 26.4 Å².